The number of esters is 1. The molecule has 0 spiro atoms. The van der Waals surface area contributed by atoms with E-state index < -0.39 is 11.9 Å². The Hall–Kier alpha value is -3.98. The summed E-state index contributed by atoms with van der Waals surface area (Å²) in [7, 11) is 1.14. The van der Waals surface area contributed by atoms with Crippen LogP contribution in [0.4, 0.5) is 0 Å². The quantitative estimate of drug-likeness (QED) is 0.637. The maximum Gasteiger partial charge on any atom is 0.356 e. The number of nitriles is 2. The van der Waals surface area contributed by atoms with Crippen molar-refractivity contribution in [1.82, 2.24) is 20.3 Å². The molecule has 9 heteroatoms. The summed E-state index contributed by atoms with van der Waals surface area (Å²) >= 11 is 0. The van der Waals surface area contributed by atoms with Gasteiger partial charge in [-0.15, -0.1) is 10.2 Å². The first-order valence-corrected chi connectivity index (χ1v) is 6.52. The average molecular weight is 322 g/mol. The number of hydrogen-bond donors (Lipinski definition) is 1. The molecule has 9 nitrogen and oxygen atoms in total. The second kappa shape index (κ2) is 7.33. The van der Waals surface area contributed by atoms with Gasteiger partial charge in [-0.05, 0) is 12.1 Å². The molecule has 118 valence electrons. The Morgan fingerprint density at radius 1 is 1.17 bits per heavy atom. The standard InChI is InChI=1S/C15H10N6O3/c1-24-15(23)13(18-14(22)10-5-3-2-4-6-10)9-21-19-11(7-16)12(8-17)20-21/h2-6,9H,1H3,(H,18,22)/b13-9+. The Balaban J connectivity index is 2.34. The highest BCUT2D eigenvalue weighted by molar-refractivity contribution is 6.02. The summed E-state index contributed by atoms with van der Waals surface area (Å²) in [5.74, 6) is -1.38. The van der Waals surface area contributed by atoms with Crippen LogP contribution in [0.25, 0.3) is 6.20 Å². The van der Waals surface area contributed by atoms with Crippen molar-refractivity contribution in [3.63, 3.8) is 0 Å². The summed E-state index contributed by atoms with van der Waals surface area (Å²) in [6.45, 7) is 0. The number of hydrogen-bond acceptors (Lipinski definition) is 7. The molecule has 0 fully saturated rings. The number of carbonyl (C=O) groups excluding carboxylic acids is 2. The molecule has 0 saturated heterocycles. The zero-order valence-electron chi connectivity index (χ0n) is 12.4. The summed E-state index contributed by atoms with van der Waals surface area (Å²) in [6.07, 6.45) is 1.05. The van der Waals surface area contributed by atoms with Crippen molar-refractivity contribution in [2.75, 3.05) is 7.11 Å². The second-order valence-electron chi connectivity index (χ2n) is 4.30. The number of amides is 1. The lowest BCUT2D eigenvalue weighted by Crippen LogP contribution is -2.28. The highest BCUT2D eigenvalue weighted by atomic mass is 16.5. The van der Waals surface area contributed by atoms with Crippen molar-refractivity contribution in [3.8, 4) is 12.1 Å². The minimum Gasteiger partial charge on any atom is -0.464 e. The Bertz CT molecular complexity index is 855. The van der Waals surface area contributed by atoms with E-state index in [1.807, 2.05) is 0 Å². The number of carbonyl (C=O) groups is 2. The third-order valence-electron chi connectivity index (χ3n) is 2.78. The average Bonchev–Trinajstić information content (AvgIpc) is 3.03. The largest absolute Gasteiger partial charge is 0.464 e. The molecule has 0 atom stereocenters. The molecule has 1 heterocycles. The number of aromatic nitrogens is 3. The topological polar surface area (TPSA) is 134 Å². The molecule has 1 amide bonds. The lowest BCUT2D eigenvalue weighted by molar-refractivity contribution is -0.136. The fourth-order valence-electron chi connectivity index (χ4n) is 1.68. The van der Waals surface area contributed by atoms with Crippen LogP contribution in [0, 0.1) is 22.7 Å². The molecule has 2 rings (SSSR count). The van der Waals surface area contributed by atoms with Crippen LogP contribution in [0.3, 0.4) is 0 Å². The Labute approximate surface area is 136 Å². The zero-order chi connectivity index (χ0) is 17.5. The zero-order valence-corrected chi connectivity index (χ0v) is 12.4. The summed E-state index contributed by atoms with van der Waals surface area (Å²) < 4.78 is 4.59. The molecule has 0 aliphatic heterocycles. The lowest BCUT2D eigenvalue weighted by atomic mass is 10.2. The van der Waals surface area contributed by atoms with Gasteiger partial charge in [-0.25, -0.2) is 4.79 Å². The van der Waals surface area contributed by atoms with Gasteiger partial charge in [0.05, 0.1) is 13.3 Å². The van der Waals surface area contributed by atoms with Crippen LogP contribution in [0.5, 0.6) is 0 Å². The van der Waals surface area contributed by atoms with Gasteiger partial charge in [-0.1, -0.05) is 18.2 Å². The fraction of sp³-hybridized carbons (Fsp3) is 0.0667. The third-order valence-corrected chi connectivity index (χ3v) is 2.78. The molecule has 1 aromatic heterocycles. The molecule has 0 saturated carbocycles. The first-order valence-electron chi connectivity index (χ1n) is 6.52. The highest BCUT2D eigenvalue weighted by Crippen LogP contribution is 2.04. The minimum atomic E-state index is -0.839. The van der Waals surface area contributed by atoms with E-state index in [2.05, 4.69) is 20.3 Å². The minimum absolute atomic E-state index is 0.202. The third kappa shape index (κ3) is 3.61. The van der Waals surface area contributed by atoms with Crippen molar-refractivity contribution in [3.05, 3.63) is 53.0 Å². The first-order chi connectivity index (χ1) is 11.6. The maximum atomic E-state index is 12.1. The van der Waals surface area contributed by atoms with Gasteiger partial charge in [0.2, 0.25) is 11.4 Å². The van der Waals surface area contributed by atoms with Crippen LogP contribution < -0.4 is 5.32 Å². The van der Waals surface area contributed by atoms with Crippen molar-refractivity contribution in [2.45, 2.75) is 0 Å². The molecule has 0 bridgehead atoms. The van der Waals surface area contributed by atoms with Crippen LogP contribution in [0.2, 0.25) is 0 Å². The van der Waals surface area contributed by atoms with E-state index in [0.717, 1.165) is 18.1 Å². The molecular weight excluding hydrogens is 312 g/mol. The number of ether oxygens (including phenoxy) is 1. The smallest absolute Gasteiger partial charge is 0.356 e. The molecule has 24 heavy (non-hydrogen) atoms. The van der Waals surface area contributed by atoms with Gasteiger partial charge in [0.1, 0.15) is 17.8 Å². The van der Waals surface area contributed by atoms with Crippen molar-refractivity contribution >= 4 is 18.1 Å². The van der Waals surface area contributed by atoms with Crippen LogP contribution in [0.15, 0.2) is 36.0 Å². The van der Waals surface area contributed by atoms with Crippen molar-refractivity contribution in [2.24, 2.45) is 0 Å². The van der Waals surface area contributed by atoms with Crippen LogP contribution in [-0.4, -0.2) is 34.0 Å². The first kappa shape index (κ1) is 16.4. The van der Waals surface area contributed by atoms with E-state index in [-0.39, 0.29) is 17.1 Å². The molecule has 1 N–H and O–H groups in total. The summed E-state index contributed by atoms with van der Waals surface area (Å²) in [6, 6.07) is 11.6. The van der Waals surface area contributed by atoms with E-state index in [4.69, 9.17) is 10.5 Å². The predicted molar refractivity (Wildman–Crippen MR) is 79.6 cm³/mol. The molecule has 1 aromatic carbocycles. The summed E-state index contributed by atoms with van der Waals surface area (Å²) in [4.78, 5) is 24.8. The van der Waals surface area contributed by atoms with Crippen molar-refractivity contribution < 1.29 is 14.3 Å². The van der Waals surface area contributed by atoms with E-state index in [1.54, 1.807) is 42.5 Å². The number of methoxy groups -OCH3 is 1. The van der Waals surface area contributed by atoms with E-state index in [0.29, 0.717) is 5.56 Å². The number of rotatable bonds is 4. The lowest BCUT2D eigenvalue weighted by Gasteiger charge is -2.07. The normalized spacial score (nSPS) is 10.4. The van der Waals surface area contributed by atoms with Gasteiger partial charge in [0, 0.05) is 5.56 Å². The predicted octanol–water partition coefficient (Wildman–Crippen LogP) is 0.423. The van der Waals surface area contributed by atoms with Gasteiger partial charge < -0.3 is 10.1 Å². The van der Waals surface area contributed by atoms with Crippen LogP contribution >= 0.6 is 0 Å². The Morgan fingerprint density at radius 2 is 1.75 bits per heavy atom. The summed E-state index contributed by atoms with van der Waals surface area (Å²) in [5.41, 5.74) is -0.328. The van der Waals surface area contributed by atoms with Gasteiger partial charge in [0.15, 0.2) is 0 Å². The molecule has 0 unspecified atom stereocenters. The summed E-state index contributed by atoms with van der Waals surface area (Å²) in [5, 5.41) is 27.5. The van der Waals surface area contributed by atoms with Crippen LogP contribution in [0.1, 0.15) is 21.7 Å². The monoisotopic (exact) mass is 322 g/mol. The number of nitrogens with one attached hydrogen (secondary N) is 1. The Morgan fingerprint density at radius 3 is 2.25 bits per heavy atom. The fourth-order valence-corrected chi connectivity index (χ4v) is 1.68. The van der Waals surface area contributed by atoms with Crippen LogP contribution in [-0.2, 0) is 9.53 Å². The Kier molecular flexibility index (Phi) is 5.01. The maximum absolute atomic E-state index is 12.1. The molecule has 0 aliphatic rings. The number of nitrogens with zero attached hydrogens (tertiary/aromatic N) is 5. The van der Waals surface area contributed by atoms with Crippen molar-refractivity contribution in [1.29, 1.82) is 10.5 Å². The van der Waals surface area contributed by atoms with Gasteiger partial charge in [-0.3, -0.25) is 4.79 Å². The second-order valence-corrected chi connectivity index (χ2v) is 4.30. The molecular formula is C15H10N6O3. The van der Waals surface area contributed by atoms with Gasteiger partial charge >= 0.3 is 5.97 Å². The van der Waals surface area contributed by atoms with Gasteiger partial charge in [0.25, 0.3) is 5.91 Å². The van der Waals surface area contributed by atoms with E-state index in [1.165, 1.54) is 0 Å². The SMILES string of the molecule is COC(=O)/C(=C\n1nc(C#N)c(C#N)n1)NC(=O)c1ccccc1. The molecule has 2 aromatic rings. The highest BCUT2D eigenvalue weighted by Gasteiger charge is 2.17. The van der Waals surface area contributed by atoms with E-state index in [9.17, 15) is 9.59 Å². The number of benzene rings is 1. The van der Waals surface area contributed by atoms with Gasteiger partial charge in [-0.2, -0.15) is 15.3 Å². The molecule has 0 radical (unpaired) electrons. The van der Waals surface area contributed by atoms with E-state index >= 15 is 0 Å². The molecule has 0 aliphatic carbocycles.